The number of methoxy groups -OCH3 is 1. The Labute approximate surface area is 151 Å². The molecule has 132 valence electrons. The summed E-state index contributed by atoms with van der Waals surface area (Å²) in [5.41, 5.74) is 2.36. The van der Waals surface area contributed by atoms with Crippen LogP contribution >= 0.6 is 0 Å². The Balaban J connectivity index is 1.93. The van der Waals surface area contributed by atoms with Crippen LogP contribution in [0.3, 0.4) is 0 Å². The van der Waals surface area contributed by atoms with Gasteiger partial charge in [-0.05, 0) is 55.0 Å². The smallest absolute Gasteiger partial charge is 0.337 e. The SMILES string of the molecule is COc1ccc(Nc2cc(Oc3ccccc3)ccc2C(=O)O)c(C)c1. The van der Waals surface area contributed by atoms with Gasteiger partial charge in [0.1, 0.15) is 17.2 Å². The Hall–Kier alpha value is -3.47. The summed E-state index contributed by atoms with van der Waals surface area (Å²) >= 11 is 0. The number of para-hydroxylation sites is 1. The van der Waals surface area contributed by atoms with Gasteiger partial charge in [-0.15, -0.1) is 0 Å². The van der Waals surface area contributed by atoms with Crippen molar-refractivity contribution in [3.63, 3.8) is 0 Å². The third-order valence-electron chi connectivity index (χ3n) is 3.90. The molecule has 3 rings (SSSR count). The van der Waals surface area contributed by atoms with Crippen molar-refractivity contribution in [3.8, 4) is 17.2 Å². The van der Waals surface area contributed by atoms with Crippen molar-refractivity contribution in [2.24, 2.45) is 0 Å². The number of rotatable bonds is 6. The summed E-state index contributed by atoms with van der Waals surface area (Å²) in [5.74, 6) is 0.967. The van der Waals surface area contributed by atoms with E-state index < -0.39 is 5.97 Å². The van der Waals surface area contributed by atoms with E-state index in [1.54, 1.807) is 19.2 Å². The minimum Gasteiger partial charge on any atom is -0.497 e. The predicted octanol–water partition coefficient (Wildman–Crippen LogP) is 5.24. The fourth-order valence-corrected chi connectivity index (χ4v) is 2.55. The van der Waals surface area contributed by atoms with Crippen molar-refractivity contribution in [1.82, 2.24) is 0 Å². The normalized spacial score (nSPS) is 10.2. The summed E-state index contributed by atoms with van der Waals surface area (Å²) in [7, 11) is 1.61. The summed E-state index contributed by atoms with van der Waals surface area (Å²) in [5, 5.41) is 12.7. The third kappa shape index (κ3) is 3.95. The maximum atomic E-state index is 11.6. The van der Waals surface area contributed by atoms with E-state index in [4.69, 9.17) is 9.47 Å². The number of aryl methyl sites for hydroxylation is 1. The van der Waals surface area contributed by atoms with Gasteiger partial charge in [0.25, 0.3) is 0 Å². The van der Waals surface area contributed by atoms with E-state index in [1.807, 2.05) is 55.5 Å². The number of benzene rings is 3. The second kappa shape index (κ2) is 7.61. The molecule has 0 spiro atoms. The van der Waals surface area contributed by atoms with Gasteiger partial charge in [-0.3, -0.25) is 0 Å². The molecule has 3 aromatic carbocycles. The molecule has 3 aromatic rings. The second-order valence-electron chi connectivity index (χ2n) is 5.73. The number of anilines is 2. The van der Waals surface area contributed by atoms with Gasteiger partial charge in [0, 0.05) is 11.8 Å². The Morgan fingerprint density at radius 2 is 1.62 bits per heavy atom. The van der Waals surface area contributed by atoms with Crippen LogP contribution in [0.4, 0.5) is 11.4 Å². The van der Waals surface area contributed by atoms with E-state index in [0.717, 1.165) is 17.0 Å². The Kier molecular flexibility index (Phi) is 5.08. The molecule has 0 bridgehead atoms. The molecular formula is C21H19NO4. The number of carboxylic acids is 1. The molecule has 0 unspecified atom stereocenters. The molecular weight excluding hydrogens is 330 g/mol. The molecule has 0 aromatic heterocycles. The lowest BCUT2D eigenvalue weighted by atomic mass is 10.1. The van der Waals surface area contributed by atoms with Crippen LogP contribution in [0.15, 0.2) is 66.7 Å². The van der Waals surface area contributed by atoms with Crippen LogP contribution in [0.1, 0.15) is 15.9 Å². The average molecular weight is 349 g/mol. The molecule has 0 aliphatic heterocycles. The predicted molar refractivity (Wildman–Crippen MR) is 101 cm³/mol. The molecule has 0 fully saturated rings. The second-order valence-corrected chi connectivity index (χ2v) is 5.73. The van der Waals surface area contributed by atoms with E-state index in [1.165, 1.54) is 6.07 Å². The number of carbonyl (C=O) groups is 1. The first-order valence-corrected chi connectivity index (χ1v) is 8.09. The van der Waals surface area contributed by atoms with Crippen molar-refractivity contribution in [2.75, 3.05) is 12.4 Å². The van der Waals surface area contributed by atoms with E-state index >= 15 is 0 Å². The first-order valence-electron chi connectivity index (χ1n) is 8.09. The van der Waals surface area contributed by atoms with Gasteiger partial charge < -0.3 is 19.9 Å². The van der Waals surface area contributed by atoms with Gasteiger partial charge in [-0.1, -0.05) is 18.2 Å². The zero-order valence-corrected chi connectivity index (χ0v) is 14.5. The zero-order valence-electron chi connectivity index (χ0n) is 14.5. The zero-order chi connectivity index (χ0) is 18.5. The van der Waals surface area contributed by atoms with Gasteiger partial charge in [-0.2, -0.15) is 0 Å². The molecule has 0 atom stereocenters. The van der Waals surface area contributed by atoms with Crippen molar-refractivity contribution in [2.45, 2.75) is 6.92 Å². The lowest BCUT2D eigenvalue weighted by Crippen LogP contribution is -2.04. The highest BCUT2D eigenvalue weighted by molar-refractivity contribution is 5.95. The summed E-state index contributed by atoms with van der Waals surface area (Å²) in [6.45, 7) is 1.93. The Morgan fingerprint density at radius 1 is 0.885 bits per heavy atom. The lowest BCUT2D eigenvalue weighted by molar-refractivity contribution is 0.0698. The first-order chi connectivity index (χ1) is 12.6. The molecule has 0 heterocycles. The molecule has 2 N–H and O–H groups in total. The lowest BCUT2D eigenvalue weighted by Gasteiger charge is -2.15. The maximum Gasteiger partial charge on any atom is 0.337 e. The molecule has 5 nitrogen and oxygen atoms in total. The van der Waals surface area contributed by atoms with Gasteiger partial charge in [0.2, 0.25) is 0 Å². The van der Waals surface area contributed by atoms with Gasteiger partial charge in [-0.25, -0.2) is 4.79 Å². The monoisotopic (exact) mass is 349 g/mol. The van der Waals surface area contributed by atoms with Crippen molar-refractivity contribution >= 4 is 17.3 Å². The number of aromatic carboxylic acids is 1. The number of carboxylic acid groups (broad SMARTS) is 1. The third-order valence-corrected chi connectivity index (χ3v) is 3.90. The number of nitrogens with one attached hydrogen (secondary N) is 1. The molecule has 5 heteroatoms. The standard InChI is InChI=1S/C21H19NO4/c1-14-12-16(25-2)9-11-19(14)22-20-13-17(8-10-18(20)21(23)24)26-15-6-4-3-5-7-15/h3-13,22H,1-2H3,(H,23,24). The van der Waals surface area contributed by atoms with E-state index in [0.29, 0.717) is 17.2 Å². The topological polar surface area (TPSA) is 67.8 Å². The molecule has 0 amide bonds. The van der Waals surface area contributed by atoms with Crippen LogP contribution in [0.25, 0.3) is 0 Å². The van der Waals surface area contributed by atoms with Crippen molar-refractivity contribution in [3.05, 3.63) is 77.9 Å². The van der Waals surface area contributed by atoms with Crippen molar-refractivity contribution < 1.29 is 19.4 Å². The number of hydrogen-bond acceptors (Lipinski definition) is 4. The van der Waals surface area contributed by atoms with Crippen LogP contribution in [0, 0.1) is 6.92 Å². The van der Waals surface area contributed by atoms with E-state index in [2.05, 4.69) is 5.32 Å². The molecule has 26 heavy (non-hydrogen) atoms. The summed E-state index contributed by atoms with van der Waals surface area (Å²) < 4.78 is 11.0. The molecule has 0 aliphatic rings. The van der Waals surface area contributed by atoms with Crippen LogP contribution in [-0.4, -0.2) is 18.2 Å². The number of hydrogen-bond donors (Lipinski definition) is 2. The fraction of sp³-hybridized carbons (Fsp3) is 0.0952. The van der Waals surface area contributed by atoms with Gasteiger partial charge in [0.15, 0.2) is 0 Å². The van der Waals surface area contributed by atoms with E-state index in [-0.39, 0.29) is 5.56 Å². The summed E-state index contributed by atoms with van der Waals surface area (Å²) in [4.78, 5) is 11.6. The molecule has 0 saturated carbocycles. The molecule has 0 radical (unpaired) electrons. The Bertz CT molecular complexity index is 923. The van der Waals surface area contributed by atoms with Crippen LogP contribution in [0.2, 0.25) is 0 Å². The minimum atomic E-state index is -1.01. The molecule has 0 saturated heterocycles. The highest BCUT2D eigenvalue weighted by Gasteiger charge is 2.13. The minimum absolute atomic E-state index is 0.167. The van der Waals surface area contributed by atoms with Crippen molar-refractivity contribution in [1.29, 1.82) is 0 Å². The van der Waals surface area contributed by atoms with Crippen LogP contribution < -0.4 is 14.8 Å². The van der Waals surface area contributed by atoms with Gasteiger partial charge >= 0.3 is 5.97 Å². The largest absolute Gasteiger partial charge is 0.497 e. The summed E-state index contributed by atoms with van der Waals surface area (Å²) in [6, 6.07) is 19.7. The van der Waals surface area contributed by atoms with Gasteiger partial charge in [0.05, 0.1) is 18.4 Å². The number of ether oxygens (including phenoxy) is 2. The quantitative estimate of drug-likeness (QED) is 0.637. The molecule has 0 aliphatic carbocycles. The average Bonchev–Trinajstić information content (AvgIpc) is 2.64. The summed E-state index contributed by atoms with van der Waals surface area (Å²) in [6.07, 6.45) is 0. The Morgan fingerprint density at radius 3 is 2.27 bits per heavy atom. The maximum absolute atomic E-state index is 11.6. The van der Waals surface area contributed by atoms with Crippen LogP contribution in [0.5, 0.6) is 17.2 Å². The first kappa shape index (κ1) is 17.4. The van der Waals surface area contributed by atoms with E-state index in [9.17, 15) is 9.90 Å². The van der Waals surface area contributed by atoms with Crippen LogP contribution in [-0.2, 0) is 0 Å². The highest BCUT2D eigenvalue weighted by atomic mass is 16.5. The fourth-order valence-electron chi connectivity index (χ4n) is 2.55. The highest BCUT2D eigenvalue weighted by Crippen LogP contribution is 2.31.